The smallest absolute Gasteiger partial charge is 0.342 e. The Morgan fingerprint density at radius 1 is 1.19 bits per heavy atom. The van der Waals surface area contributed by atoms with Gasteiger partial charge in [-0.25, -0.2) is 4.79 Å². The predicted octanol–water partition coefficient (Wildman–Crippen LogP) is 2.68. The van der Waals surface area contributed by atoms with Gasteiger partial charge in [0, 0.05) is 18.7 Å². The van der Waals surface area contributed by atoms with E-state index >= 15 is 0 Å². The van der Waals surface area contributed by atoms with Gasteiger partial charge in [0.1, 0.15) is 11.3 Å². The Bertz CT molecular complexity index is 822. The van der Waals surface area contributed by atoms with Crippen LogP contribution in [0.5, 0.6) is 5.75 Å². The lowest BCUT2D eigenvalue weighted by molar-refractivity contribution is -0.384. The van der Waals surface area contributed by atoms with Crippen LogP contribution in [0, 0.1) is 10.1 Å². The quantitative estimate of drug-likeness (QED) is 0.434. The first kappa shape index (κ1) is 19.9. The van der Waals surface area contributed by atoms with Gasteiger partial charge in [-0.1, -0.05) is 37.3 Å². The molecular weight excluding hydrogens is 352 g/mol. The minimum absolute atomic E-state index is 0.0997. The third-order valence-corrected chi connectivity index (χ3v) is 3.92. The Morgan fingerprint density at radius 3 is 2.52 bits per heavy atom. The molecule has 0 aliphatic carbocycles. The fourth-order valence-electron chi connectivity index (χ4n) is 2.40. The summed E-state index contributed by atoms with van der Waals surface area (Å²) in [5.74, 6) is -1.11. The number of benzene rings is 2. The zero-order valence-corrected chi connectivity index (χ0v) is 15.0. The summed E-state index contributed by atoms with van der Waals surface area (Å²) in [5, 5.41) is 13.5. The van der Waals surface area contributed by atoms with Gasteiger partial charge >= 0.3 is 5.97 Å². The van der Waals surface area contributed by atoms with Crippen molar-refractivity contribution in [2.24, 2.45) is 0 Å². The summed E-state index contributed by atoms with van der Waals surface area (Å²) in [7, 11) is 1.33. The van der Waals surface area contributed by atoms with Crippen molar-refractivity contribution in [3.05, 3.63) is 69.8 Å². The first-order valence-corrected chi connectivity index (χ1v) is 8.23. The number of amides is 1. The number of nitrogens with zero attached hydrogens (tertiary/aromatic N) is 1. The largest absolute Gasteiger partial charge is 0.496 e. The molecule has 0 heterocycles. The Hall–Kier alpha value is -3.42. The lowest BCUT2D eigenvalue weighted by Crippen LogP contribution is -2.31. The van der Waals surface area contributed by atoms with Gasteiger partial charge in [0.05, 0.1) is 12.0 Å². The van der Waals surface area contributed by atoms with E-state index in [0.29, 0.717) is 6.54 Å². The second-order valence-corrected chi connectivity index (χ2v) is 5.83. The highest BCUT2D eigenvalue weighted by Gasteiger charge is 2.19. The van der Waals surface area contributed by atoms with Gasteiger partial charge in [-0.15, -0.1) is 0 Å². The number of carbonyl (C=O) groups excluding carboxylic acids is 2. The van der Waals surface area contributed by atoms with Gasteiger partial charge in [-0.3, -0.25) is 14.9 Å². The van der Waals surface area contributed by atoms with E-state index in [1.165, 1.54) is 19.2 Å². The molecule has 142 valence electrons. The topological polar surface area (TPSA) is 108 Å². The number of esters is 1. The maximum atomic E-state index is 12.2. The highest BCUT2D eigenvalue weighted by Crippen LogP contribution is 2.24. The van der Waals surface area contributed by atoms with Gasteiger partial charge in [-0.05, 0) is 17.5 Å². The van der Waals surface area contributed by atoms with Crippen molar-refractivity contribution in [1.29, 1.82) is 0 Å². The Morgan fingerprint density at radius 2 is 1.89 bits per heavy atom. The SMILES string of the molecule is COc1ccc([N+](=O)[O-])cc1C(=O)OCC(=O)NC[C@H](C)c1ccccc1. The summed E-state index contributed by atoms with van der Waals surface area (Å²) >= 11 is 0. The maximum absolute atomic E-state index is 12.2. The molecule has 0 aromatic heterocycles. The molecule has 0 saturated heterocycles. The molecule has 2 aromatic rings. The molecule has 1 N–H and O–H groups in total. The molecular formula is C19H20N2O6. The van der Waals surface area contributed by atoms with Crippen LogP contribution in [0.15, 0.2) is 48.5 Å². The van der Waals surface area contributed by atoms with Crippen LogP contribution >= 0.6 is 0 Å². The first-order valence-electron chi connectivity index (χ1n) is 8.23. The van der Waals surface area contributed by atoms with E-state index in [9.17, 15) is 19.7 Å². The zero-order chi connectivity index (χ0) is 19.8. The minimum Gasteiger partial charge on any atom is -0.496 e. The number of methoxy groups -OCH3 is 1. The van der Waals surface area contributed by atoms with Crippen LogP contribution in [0.2, 0.25) is 0 Å². The van der Waals surface area contributed by atoms with Crippen molar-refractivity contribution in [1.82, 2.24) is 5.32 Å². The lowest BCUT2D eigenvalue weighted by Gasteiger charge is -2.13. The Balaban J connectivity index is 1.90. The van der Waals surface area contributed by atoms with E-state index in [-0.39, 0.29) is 22.9 Å². The molecule has 0 saturated carbocycles. The molecule has 1 atom stereocenters. The molecule has 0 aliphatic heterocycles. The van der Waals surface area contributed by atoms with Crippen LogP contribution in [-0.4, -0.2) is 37.1 Å². The standard InChI is InChI=1S/C19H20N2O6/c1-13(14-6-4-3-5-7-14)11-20-18(22)12-27-19(23)16-10-15(21(24)25)8-9-17(16)26-2/h3-10,13H,11-12H2,1-2H3,(H,20,22)/t13-/m0/s1. The Kier molecular flexibility index (Phi) is 6.87. The van der Waals surface area contributed by atoms with E-state index in [4.69, 9.17) is 9.47 Å². The van der Waals surface area contributed by atoms with E-state index in [0.717, 1.165) is 11.6 Å². The average molecular weight is 372 g/mol. The minimum atomic E-state index is -0.873. The number of non-ortho nitro benzene ring substituents is 1. The summed E-state index contributed by atoms with van der Waals surface area (Å²) in [6.45, 7) is 1.86. The van der Waals surface area contributed by atoms with Crippen molar-refractivity contribution < 1.29 is 24.0 Å². The number of rotatable bonds is 8. The summed E-state index contributed by atoms with van der Waals surface area (Å²) in [4.78, 5) is 34.3. The third kappa shape index (κ3) is 5.53. The van der Waals surface area contributed by atoms with Crippen LogP contribution in [0.1, 0.15) is 28.8 Å². The van der Waals surface area contributed by atoms with Crippen LogP contribution in [-0.2, 0) is 9.53 Å². The summed E-state index contributed by atoms with van der Waals surface area (Å²) in [5.41, 5.74) is 0.692. The number of nitro benzene ring substituents is 1. The summed E-state index contributed by atoms with van der Waals surface area (Å²) < 4.78 is 9.96. The van der Waals surface area contributed by atoms with E-state index in [1.54, 1.807) is 0 Å². The molecule has 8 heteroatoms. The highest BCUT2D eigenvalue weighted by atomic mass is 16.6. The Labute approximate surface area is 156 Å². The molecule has 0 fully saturated rings. The number of hydrogen-bond acceptors (Lipinski definition) is 6. The van der Waals surface area contributed by atoms with Gasteiger partial charge in [0.25, 0.3) is 11.6 Å². The van der Waals surface area contributed by atoms with Crippen molar-refractivity contribution in [2.45, 2.75) is 12.8 Å². The lowest BCUT2D eigenvalue weighted by atomic mass is 10.0. The molecule has 0 spiro atoms. The van der Waals surface area contributed by atoms with Crippen LogP contribution < -0.4 is 10.1 Å². The number of carbonyl (C=O) groups is 2. The van der Waals surface area contributed by atoms with Crippen LogP contribution in [0.25, 0.3) is 0 Å². The van der Waals surface area contributed by atoms with Crippen molar-refractivity contribution >= 4 is 17.6 Å². The highest BCUT2D eigenvalue weighted by molar-refractivity contribution is 5.94. The number of ether oxygens (including phenoxy) is 2. The second-order valence-electron chi connectivity index (χ2n) is 5.83. The third-order valence-electron chi connectivity index (χ3n) is 3.92. The van der Waals surface area contributed by atoms with Crippen molar-refractivity contribution in [2.75, 3.05) is 20.3 Å². The molecule has 1 amide bonds. The van der Waals surface area contributed by atoms with Gasteiger partial charge in [0.15, 0.2) is 6.61 Å². The maximum Gasteiger partial charge on any atom is 0.342 e. The fraction of sp³-hybridized carbons (Fsp3) is 0.263. The van der Waals surface area contributed by atoms with Gasteiger partial charge in [-0.2, -0.15) is 0 Å². The van der Waals surface area contributed by atoms with Crippen molar-refractivity contribution in [3.63, 3.8) is 0 Å². The molecule has 8 nitrogen and oxygen atoms in total. The number of hydrogen-bond donors (Lipinski definition) is 1. The monoisotopic (exact) mass is 372 g/mol. The summed E-state index contributed by atoms with van der Waals surface area (Å²) in [6.07, 6.45) is 0. The van der Waals surface area contributed by atoms with Crippen molar-refractivity contribution in [3.8, 4) is 5.75 Å². The van der Waals surface area contributed by atoms with Crippen LogP contribution in [0.4, 0.5) is 5.69 Å². The van der Waals surface area contributed by atoms with E-state index in [1.807, 2.05) is 37.3 Å². The molecule has 2 rings (SSSR count). The first-order chi connectivity index (χ1) is 12.9. The van der Waals surface area contributed by atoms with E-state index in [2.05, 4.69) is 5.32 Å². The van der Waals surface area contributed by atoms with E-state index < -0.39 is 23.4 Å². The zero-order valence-electron chi connectivity index (χ0n) is 15.0. The second kappa shape index (κ2) is 9.33. The average Bonchev–Trinajstić information content (AvgIpc) is 2.70. The molecule has 0 aliphatic rings. The number of nitro groups is 1. The summed E-state index contributed by atoms with van der Waals surface area (Å²) in [6, 6.07) is 13.2. The predicted molar refractivity (Wildman–Crippen MR) is 97.8 cm³/mol. The molecule has 0 bridgehead atoms. The molecule has 2 aromatic carbocycles. The number of nitrogens with one attached hydrogen (secondary N) is 1. The molecule has 27 heavy (non-hydrogen) atoms. The molecule has 0 unspecified atom stereocenters. The normalized spacial score (nSPS) is 11.3. The fourth-order valence-corrected chi connectivity index (χ4v) is 2.40. The van der Waals surface area contributed by atoms with Gasteiger partial charge in [0.2, 0.25) is 0 Å². The molecule has 0 radical (unpaired) electrons. The van der Waals surface area contributed by atoms with Crippen LogP contribution in [0.3, 0.4) is 0 Å². The van der Waals surface area contributed by atoms with Gasteiger partial charge < -0.3 is 14.8 Å².